The maximum absolute atomic E-state index is 13.1. The Morgan fingerprint density at radius 3 is 2.25 bits per heavy atom. The topological polar surface area (TPSA) is 81.7 Å². The molecule has 2 bridgehead atoms. The van der Waals surface area contributed by atoms with Gasteiger partial charge < -0.3 is 32.8 Å². The molecule has 0 radical (unpaired) electrons. The molecule has 1 aliphatic carbocycles. The Balaban J connectivity index is 1.75. The fourth-order valence-corrected chi connectivity index (χ4v) is 7.33. The van der Waals surface area contributed by atoms with Crippen molar-refractivity contribution in [1.29, 1.82) is 0 Å². The van der Waals surface area contributed by atoms with Gasteiger partial charge in [-0.2, -0.15) is 0 Å². The Bertz CT molecular complexity index is 1360. The van der Waals surface area contributed by atoms with Gasteiger partial charge in [0.25, 0.3) is 0 Å². The number of methoxy groups -OCH3 is 4. The SMILES string of the molecule is COC(=O)C1=C(OC)C2OC1(C)c1c2cc2c(c1OCc1ccccc1)[C@@](OC)(O[Si](C)(C)C(C)(C)C)[C@H]2OC. The Morgan fingerprint density at radius 2 is 1.70 bits per heavy atom. The summed E-state index contributed by atoms with van der Waals surface area (Å²) in [5, 5.41) is -0.0866. The molecule has 9 heteroatoms. The Labute approximate surface area is 237 Å². The van der Waals surface area contributed by atoms with Gasteiger partial charge in [-0.1, -0.05) is 51.1 Å². The van der Waals surface area contributed by atoms with Gasteiger partial charge in [0.2, 0.25) is 5.79 Å². The second kappa shape index (κ2) is 9.70. The van der Waals surface area contributed by atoms with Crippen molar-refractivity contribution in [3.63, 3.8) is 0 Å². The highest BCUT2D eigenvalue weighted by molar-refractivity contribution is 6.74. The largest absolute Gasteiger partial charge is 0.497 e. The minimum absolute atomic E-state index is 0.0866. The normalized spacial score (nSPS) is 26.8. The summed E-state index contributed by atoms with van der Waals surface area (Å²) in [5.41, 5.74) is 3.46. The fraction of sp³-hybridized carbons (Fsp3) is 0.516. The lowest BCUT2D eigenvalue weighted by atomic mass is 9.70. The van der Waals surface area contributed by atoms with Crippen LogP contribution in [0.2, 0.25) is 18.1 Å². The van der Waals surface area contributed by atoms with E-state index in [1.54, 1.807) is 21.3 Å². The molecule has 0 amide bonds. The molecule has 0 aromatic heterocycles. The van der Waals surface area contributed by atoms with Crippen molar-refractivity contribution >= 4 is 14.3 Å². The Kier molecular flexibility index (Phi) is 6.99. The first-order valence-electron chi connectivity index (χ1n) is 13.5. The highest BCUT2D eigenvalue weighted by atomic mass is 28.4. The zero-order valence-electron chi connectivity index (χ0n) is 25.1. The molecule has 2 aromatic carbocycles. The number of rotatable bonds is 9. The van der Waals surface area contributed by atoms with Crippen LogP contribution in [-0.2, 0) is 50.9 Å². The van der Waals surface area contributed by atoms with Gasteiger partial charge in [-0.25, -0.2) is 4.79 Å². The monoisotopic (exact) mass is 568 g/mol. The molecule has 2 heterocycles. The number of carbonyl (C=O) groups excluding carboxylic acids is 1. The molecule has 5 rings (SSSR count). The van der Waals surface area contributed by atoms with Crippen LogP contribution in [0.4, 0.5) is 0 Å². The van der Waals surface area contributed by atoms with Crippen molar-refractivity contribution < 1.29 is 37.6 Å². The first-order valence-corrected chi connectivity index (χ1v) is 16.4. The summed E-state index contributed by atoms with van der Waals surface area (Å²) in [7, 11) is 3.82. The molecular formula is C31H40O8Si. The molecule has 2 aliphatic heterocycles. The predicted molar refractivity (Wildman–Crippen MR) is 151 cm³/mol. The van der Waals surface area contributed by atoms with E-state index in [9.17, 15) is 4.79 Å². The van der Waals surface area contributed by atoms with E-state index in [2.05, 4.69) is 39.9 Å². The van der Waals surface area contributed by atoms with Crippen molar-refractivity contribution in [2.24, 2.45) is 0 Å². The number of esters is 1. The summed E-state index contributed by atoms with van der Waals surface area (Å²) in [6.07, 6.45) is -1.08. The van der Waals surface area contributed by atoms with E-state index in [-0.39, 0.29) is 5.04 Å². The lowest BCUT2D eigenvalue weighted by molar-refractivity contribution is -0.274. The predicted octanol–water partition coefficient (Wildman–Crippen LogP) is 6.16. The third-order valence-corrected chi connectivity index (χ3v) is 13.4. The molecule has 2 aromatic rings. The second-order valence-corrected chi connectivity index (χ2v) is 16.9. The molecule has 0 saturated carbocycles. The van der Waals surface area contributed by atoms with Gasteiger partial charge in [0.05, 0.1) is 19.8 Å². The summed E-state index contributed by atoms with van der Waals surface area (Å²) in [4.78, 5) is 13.1. The molecule has 4 atom stereocenters. The maximum Gasteiger partial charge on any atom is 0.340 e. The third kappa shape index (κ3) is 3.89. The van der Waals surface area contributed by atoms with Gasteiger partial charge in [0, 0.05) is 19.8 Å². The van der Waals surface area contributed by atoms with E-state index in [1.807, 2.05) is 37.3 Å². The van der Waals surface area contributed by atoms with Crippen LogP contribution in [-0.4, -0.2) is 42.7 Å². The van der Waals surface area contributed by atoms with Gasteiger partial charge in [-0.3, -0.25) is 0 Å². The van der Waals surface area contributed by atoms with Crippen LogP contribution in [0.1, 0.15) is 67.7 Å². The van der Waals surface area contributed by atoms with Crippen LogP contribution >= 0.6 is 0 Å². The Morgan fingerprint density at radius 1 is 1.02 bits per heavy atom. The molecule has 3 aliphatic rings. The maximum atomic E-state index is 13.1. The van der Waals surface area contributed by atoms with Crippen molar-refractivity contribution in [3.05, 3.63) is 75.5 Å². The highest BCUT2D eigenvalue weighted by Gasteiger charge is 2.65. The van der Waals surface area contributed by atoms with Crippen LogP contribution in [0.15, 0.2) is 47.7 Å². The molecule has 0 saturated heterocycles. The quantitative estimate of drug-likeness (QED) is 0.202. The van der Waals surface area contributed by atoms with Gasteiger partial charge in [0.1, 0.15) is 41.5 Å². The smallest absolute Gasteiger partial charge is 0.340 e. The van der Waals surface area contributed by atoms with Crippen LogP contribution in [0.25, 0.3) is 0 Å². The van der Waals surface area contributed by atoms with Crippen LogP contribution in [0.3, 0.4) is 0 Å². The summed E-state index contributed by atoms with van der Waals surface area (Å²) >= 11 is 0. The molecule has 0 spiro atoms. The number of benzene rings is 2. The van der Waals surface area contributed by atoms with E-state index < -0.39 is 37.9 Å². The molecular weight excluding hydrogens is 528 g/mol. The van der Waals surface area contributed by atoms with Crippen molar-refractivity contribution in [2.45, 2.75) is 76.0 Å². The molecule has 0 fully saturated rings. The molecule has 2 unspecified atom stereocenters. The molecule has 40 heavy (non-hydrogen) atoms. The average Bonchev–Trinajstić information content (AvgIpc) is 3.38. The lowest BCUT2D eigenvalue weighted by Crippen LogP contribution is -2.57. The molecule has 216 valence electrons. The van der Waals surface area contributed by atoms with Crippen LogP contribution in [0, 0.1) is 0 Å². The average molecular weight is 569 g/mol. The van der Waals surface area contributed by atoms with Crippen LogP contribution in [0.5, 0.6) is 5.75 Å². The summed E-state index contributed by atoms with van der Waals surface area (Å²) in [6.45, 7) is 13.1. The third-order valence-electron chi connectivity index (χ3n) is 8.98. The number of hydrogen-bond donors (Lipinski definition) is 0. The fourth-order valence-electron chi connectivity index (χ4n) is 5.98. The zero-order valence-corrected chi connectivity index (χ0v) is 26.1. The van der Waals surface area contributed by atoms with E-state index in [1.165, 1.54) is 7.11 Å². The van der Waals surface area contributed by atoms with E-state index in [4.69, 9.17) is 32.8 Å². The number of ether oxygens (including phenoxy) is 6. The van der Waals surface area contributed by atoms with Crippen molar-refractivity contribution in [1.82, 2.24) is 0 Å². The number of hydrogen-bond acceptors (Lipinski definition) is 8. The summed E-state index contributed by atoms with van der Waals surface area (Å²) in [6, 6.07) is 12.0. The summed E-state index contributed by atoms with van der Waals surface area (Å²) in [5.74, 6) is -0.688. The highest BCUT2D eigenvalue weighted by Crippen LogP contribution is 2.67. The zero-order chi connectivity index (χ0) is 29.3. The number of carbonyl (C=O) groups is 1. The first kappa shape index (κ1) is 28.8. The van der Waals surface area contributed by atoms with Crippen LogP contribution < -0.4 is 4.74 Å². The minimum atomic E-state index is -2.38. The van der Waals surface area contributed by atoms with Gasteiger partial charge in [-0.05, 0) is 47.8 Å². The van der Waals surface area contributed by atoms with Crippen molar-refractivity contribution in [2.75, 3.05) is 28.4 Å². The lowest BCUT2D eigenvalue weighted by Gasteiger charge is -2.54. The van der Waals surface area contributed by atoms with E-state index in [0.717, 1.165) is 27.8 Å². The summed E-state index contributed by atoms with van der Waals surface area (Å²) < 4.78 is 43.5. The van der Waals surface area contributed by atoms with Crippen molar-refractivity contribution in [3.8, 4) is 5.75 Å². The van der Waals surface area contributed by atoms with E-state index >= 15 is 0 Å². The van der Waals surface area contributed by atoms with E-state index in [0.29, 0.717) is 23.7 Å². The standard InChI is InChI=1S/C31H40O8Si/c1-29(2,3)40(9,10)39-31(36-8)22-20(27(31)34-6)16-19-21(25(22)37-17-18-14-12-11-13-15-18)30(4)23(28(32)35-7)26(33-5)24(19)38-30/h11-16,24,27H,17H2,1-10H3/t24?,27-,30?,31+/m0/s1. The first-order chi connectivity index (χ1) is 18.8. The van der Waals surface area contributed by atoms with Gasteiger partial charge in [-0.15, -0.1) is 0 Å². The number of fused-ring (bicyclic) bond motifs is 6. The van der Waals surface area contributed by atoms with Gasteiger partial charge in [0.15, 0.2) is 8.32 Å². The minimum Gasteiger partial charge on any atom is -0.497 e. The molecule has 8 nitrogen and oxygen atoms in total. The Hall–Kier alpha value is -2.69. The molecule has 0 N–H and O–H groups in total. The van der Waals surface area contributed by atoms with Gasteiger partial charge >= 0.3 is 5.97 Å². The second-order valence-electron chi connectivity index (χ2n) is 12.2.